The normalized spacial score (nSPS) is 30.9. The SMILES string of the molecule is CCOP(C)(=O)C1(O)CCC(N(OC(=O)c2cccs2)C(=O)C2CCC(C)CC2)CC1. The molecule has 1 unspecified atom stereocenters. The van der Waals surface area contributed by atoms with Crippen LogP contribution in [0.15, 0.2) is 17.5 Å². The molecule has 9 heteroatoms. The van der Waals surface area contributed by atoms with Gasteiger partial charge in [0.25, 0.3) is 5.91 Å². The average Bonchev–Trinajstić information content (AvgIpc) is 3.28. The number of rotatable bonds is 6. The van der Waals surface area contributed by atoms with Crippen molar-refractivity contribution in [2.45, 2.75) is 76.6 Å². The van der Waals surface area contributed by atoms with Gasteiger partial charge in [-0.05, 0) is 75.7 Å². The van der Waals surface area contributed by atoms with Crippen molar-refractivity contribution in [3.63, 3.8) is 0 Å². The fourth-order valence-electron chi connectivity index (χ4n) is 4.59. The molecule has 1 amide bonds. The van der Waals surface area contributed by atoms with Crippen LogP contribution >= 0.6 is 18.7 Å². The number of hydroxylamine groups is 2. The Morgan fingerprint density at radius 3 is 2.42 bits per heavy atom. The van der Waals surface area contributed by atoms with Gasteiger partial charge in [0.05, 0.1) is 12.6 Å². The molecule has 0 aliphatic heterocycles. The molecule has 0 aromatic carbocycles. The van der Waals surface area contributed by atoms with Crippen LogP contribution in [-0.2, 0) is 18.7 Å². The first-order valence-electron chi connectivity index (χ1n) is 11.2. The van der Waals surface area contributed by atoms with Gasteiger partial charge in [-0.15, -0.1) is 11.3 Å². The van der Waals surface area contributed by atoms with Gasteiger partial charge in [0.1, 0.15) is 10.2 Å². The van der Waals surface area contributed by atoms with Gasteiger partial charge in [-0.3, -0.25) is 9.36 Å². The van der Waals surface area contributed by atoms with Crippen LogP contribution < -0.4 is 0 Å². The third-order valence-electron chi connectivity index (χ3n) is 6.70. The van der Waals surface area contributed by atoms with Crippen molar-refractivity contribution in [1.82, 2.24) is 5.06 Å². The first kappa shape index (κ1) is 24.4. The number of carbonyl (C=O) groups is 2. The lowest BCUT2D eigenvalue weighted by molar-refractivity contribution is -0.188. The Kier molecular flexibility index (Phi) is 8.00. The molecule has 174 valence electrons. The monoisotopic (exact) mass is 471 g/mol. The van der Waals surface area contributed by atoms with Crippen molar-refractivity contribution in [1.29, 1.82) is 0 Å². The summed E-state index contributed by atoms with van der Waals surface area (Å²) in [6, 6.07) is 3.09. The van der Waals surface area contributed by atoms with E-state index in [1.165, 1.54) is 23.1 Å². The van der Waals surface area contributed by atoms with Crippen molar-refractivity contribution in [3.05, 3.63) is 22.4 Å². The van der Waals surface area contributed by atoms with E-state index < -0.39 is 18.7 Å². The van der Waals surface area contributed by atoms with E-state index in [1.54, 1.807) is 24.4 Å². The van der Waals surface area contributed by atoms with E-state index in [9.17, 15) is 19.3 Å². The highest BCUT2D eigenvalue weighted by Crippen LogP contribution is 2.60. The molecule has 1 N–H and O–H groups in total. The smallest absolute Gasteiger partial charge is 0.373 e. The predicted octanol–water partition coefficient (Wildman–Crippen LogP) is 5.05. The quantitative estimate of drug-likeness (QED) is 0.461. The number of nitrogens with zero attached hydrogens (tertiary/aromatic N) is 1. The zero-order chi connectivity index (χ0) is 22.6. The molecule has 0 saturated heterocycles. The first-order valence-corrected chi connectivity index (χ1v) is 14.2. The number of carbonyl (C=O) groups excluding carboxylic acids is 2. The predicted molar refractivity (Wildman–Crippen MR) is 120 cm³/mol. The Bertz CT molecular complexity index is 797. The fourth-order valence-corrected chi connectivity index (χ4v) is 6.99. The van der Waals surface area contributed by atoms with Gasteiger partial charge in [0.15, 0.2) is 0 Å². The molecule has 31 heavy (non-hydrogen) atoms. The largest absolute Gasteiger partial charge is 0.380 e. The molecule has 1 aromatic rings. The summed E-state index contributed by atoms with van der Waals surface area (Å²) < 4.78 is 18.3. The Morgan fingerprint density at radius 1 is 1.23 bits per heavy atom. The molecule has 1 heterocycles. The summed E-state index contributed by atoms with van der Waals surface area (Å²) in [7, 11) is -3.21. The lowest BCUT2D eigenvalue weighted by Crippen LogP contribution is -2.49. The van der Waals surface area contributed by atoms with Gasteiger partial charge < -0.3 is 14.5 Å². The highest BCUT2D eigenvalue weighted by atomic mass is 32.1. The van der Waals surface area contributed by atoms with Crippen molar-refractivity contribution in [2.75, 3.05) is 13.3 Å². The first-order chi connectivity index (χ1) is 14.7. The van der Waals surface area contributed by atoms with Gasteiger partial charge in [-0.25, -0.2) is 4.79 Å². The van der Waals surface area contributed by atoms with E-state index in [0.29, 0.717) is 23.6 Å². The lowest BCUT2D eigenvalue weighted by Gasteiger charge is -2.42. The van der Waals surface area contributed by atoms with E-state index in [-0.39, 0.29) is 37.3 Å². The fraction of sp³-hybridized carbons (Fsp3) is 0.727. The van der Waals surface area contributed by atoms with Crippen LogP contribution in [0.3, 0.4) is 0 Å². The molecule has 2 aliphatic rings. The van der Waals surface area contributed by atoms with Gasteiger partial charge in [-0.1, -0.05) is 13.0 Å². The summed E-state index contributed by atoms with van der Waals surface area (Å²) in [6.07, 6.45) is 4.81. The van der Waals surface area contributed by atoms with Crippen LogP contribution in [0.5, 0.6) is 0 Å². The molecule has 0 radical (unpaired) electrons. The second-order valence-corrected chi connectivity index (χ2v) is 12.7. The lowest BCUT2D eigenvalue weighted by atomic mass is 9.82. The second kappa shape index (κ2) is 10.2. The number of hydrogen-bond donors (Lipinski definition) is 1. The van der Waals surface area contributed by atoms with Gasteiger partial charge in [-0.2, -0.15) is 5.06 Å². The number of aliphatic hydroxyl groups is 1. The highest BCUT2D eigenvalue weighted by Gasteiger charge is 2.49. The van der Waals surface area contributed by atoms with E-state index in [2.05, 4.69) is 6.92 Å². The zero-order valence-electron chi connectivity index (χ0n) is 18.6. The zero-order valence-corrected chi connectivity index (χ0v) is 20.3. The Hall–Kier alpha value is -1.21. The molecule has 7 nitrogen and oxygen atoms in total. The molecule has 1 aromatic heterocycles. The molecule has 0 spiro atoms. The minimum absolute atomic E-state index is 0.156. The highest BCUT2D eigenvalue weighted by molar-refractivity contribution is 7.59. The molecule has 1 atom stereocenters. The molecular weight excluding hydrogens is 437 g/mol. The third-order valence-corrected chi connectivity index (χ3v) is 10.3. The summed E-state index contributed by atoms with van der Waals surface area (Å²) in [5, 5.41) is 12.6. The van der Waals surface area contributed by atoms with Crippen LogP contribution in [0.25, 0.3) is 0 Å². The van der Waals surface area contributed by atoms with Gasteiger partial charge >= 0.3 is 5.97 Å². The van der Waals surface area contributed by atoms with Crippen molar-refractivity contribution in [3.8, 4) is 0 Å². The third kappa shape index (κ3) is 5.59. The maximum Gasteiger partial charge on any atom is 0.373 e. The number of hydrogen-bond acceptors (Lipinski definition) is 7. The summed E-state index contributed by atoms with van der Waals surface area (Å²) in [6.45, 7) is 5.68. The van der Waals surface area contributed by atoms with Crippen LogP contribution in [-0.4, -0.2) is 46.7 Å². The summed E-state index contributed by atoms with van der Waals surface area (Å²) in [4.78, 5) is 32.1. The molecule has 3 rings (SSSR count). The minimum atomic E-state index is -3.21. The summed E-state index contributed by atoms with van der Waals surface area (Å²) >= 11 is 1.27. The number of thiophene rings is 1. The molecule has 2 saturated carbocycles. The maximum absolute atomic E-state index is 13.4. The number of amides is 1. The van der Waals surface area contributed by atoms with E-state index in [0.717, 1.165) is 25.7 Å². The summed E-state index contributed by atoms with van der Waals surface area (Å²) in [5.41, 5.74) is 0. The Labute approximate surface area is 188 Å². The van der Waals surface area contributed by atoms with Crippen LogP contribution in [0.2, 0.25) is 0 Å². The van der Waals surface area contributed by atoms with Crippen LogP contribution in [0.4, 0.5) is 0 Å². The van der Waals surface area contributed by atoms with Crippen molar-refractivity contribution < 1.29 is 28.6 Å². The average molecular weight is 472 g/mol. The molecule has 2 aliphatic carbocycles. The topological polar surface area (TPSA) is 93.1 Å². The second-order valence-electron chi connectivity index (χ2n) is 8.95. The van der Waals surface area contributed by atoms with Crippen molar-refractivity contribution >= 4 is 30.6 Å². The molecular formula is C22H34NO6PS. The van der Waals surface area contributed by atoms with Crippen molar-refractivity contribution in [2.24, 2.45) is 11.8 Å². The molecule has 2 fully saturated rings. The standard InChI is InChI=1S/C22H34NO6PS/c1-4-28-30(3,27)22(26)13-11-18(12-14-22)23(29-21(25)19-6-5-15-31-19)20(24)17-9-7-16(2)8-10-17/h5-6,15-18,26H,4,7-14H2,1-3H3. The maximum atomic E-state index is 13.4. The summed E-state index contributed by atoms with van der Waals surface area (Å²) in [5.74, 6) is -0.248. The van der Waals surface area contributed by atoms with E-state index in [1.807, 2.05) is 0 Å². The van der Waals surface area contributed by atoms with Gasteiger partial charge in [0.2, 0.25) is 7.37 Å². The van der Waals surface area contributed by atoms with E-state index >= 15 is 0 Å². The Morgan fingerprint density at radius 2 is 1.87 bits per heavy atom. The van der Waals surface area contributed by atoms with Crippen LogP contribution in [0.1, 0.15) is 74.9 Å². The molecule has 0 bridgehead atoms. The van der Waals surface area contributed by atoms with E-state index in [4.69, 9.17) is 9.36 Å². The minimum Gasteiger partial charge on any atom is -0.380 e. The Balaban J connectivity index is 1.74. The van der Waals surface area contributed by atoms with Crippen LogP contribution in [0, 0.1) is 11.8 Å². The van der Waals surface area contributed by atoms with Gasteiger partial charge in [0, 0.05) is 12.6 Å².